The summed E-state index contributed by atoms with van der Waals surface area (Å²) in [5, 5.41) is 10.6. The predicted octanol–water partition coefficient (Wildman–Crippen LogP) is 22.6. The van der Waals surface area contributed by atoms with E-state index in [0.717, 1.165) is 108 Å². The van der Waals surface area contributed by atoms with E-state index in [-0.39, 0.29) is 25.7 Å². The van der Waals surface area contributed by atoms with Crippen molar-refractivity contribution in [3.8, 4) is 0 Å². The normalized spacial score (nSPS) is 14.3. The first-order valence-corrected chi connectivity index (χ1v) is 42.9. The van der Waals surface area contributed by atoms with Crippen molar-refractivity contribution in [3.63, 3.8) is 0 Å². The van der Waals surface area contributed by atoms with Crippen LogP contribution in [0.25, 0.3) is 0 Å². The van der Waals surface area contributed by atoms with Crippen molar-refractivity contribution in [1.29, 1.82) is 0 Å². The van der Waals surface area contributed by atoms with Gasteiger partial charge in [0.25, 0.3) is 0 Å². The predicted molar refractivity (Wildman–Crippen MR) is 391 cm³/mol. The monoisotopic (exact) mass is 1410 g/mol. The summed E-state index contributed by atoms with van der Waals surface area (Å²) < 4.78 is 68.5. The van der Waals surface area contributed by atoms with Crippen LogP contribution in [0.5, 0.6) is 0 Å². The number of aliphatic hydroxyl groups is 1. The SMILES string of the molecule is CCCCCCCCCCCC(=O)OC[C@H](COP(=O)(O)OC[C@H](O)COP(=O)(O)OC[C@@H](COC(=O)CCCCCCCCCCCCCCCC(C)C)OC(=O)CCCCCCCCCCCCCCCCC(C)CC)OC(=O)CCCCCCCCCCCCC(C)C. The summed E-state index contributed by atoms with van der Waals surface area (Å²) in [6.45, 7) is 12.0. The molecule has 0 aromatic rings. The van der Waals surface area contributed by atoms with Gasteiger partial charge in [0.05, 0.1) is 26.4 Å². The van der Waals surface area contributed by atoms with E-state index >= 15 is 0 Å². The van der Waals surface area contributed by atoms with Crippen LogP contribution in [0, 0.1) is 17.8 Å². The van der Waals surface area contributed by atoms with Crippen LogP contribution < -0.4 is 0 Å². The number of carbonyl (C=O) groups excluding carboxylic acids is 4. The summed E-state index contributed by atoms with van der Waals surface area (Å²) in [6, 6.07) is 0. The zero-order chi connectivity index (χ0) is 70.9. The molecule has 570 valence electrons. The molecular weight excluding hydrogens is 1260 g/mol. The van der Waals surface area contributed by atoms with E-state index in [1.54, 1.807) is 0 Å². The fraction of sp³-hybridized carbons (Fsp3) is 0.948. The quantitative estimate of drug-likeness (QED) is 0.0222. The Morgan fingerprint density at radius 1 is 0.302 bits per heavy atom. The molecule has 0 saturated heterocycles. The average Bonchev–Trinajstić information content (AvgIpc) is 1.21. The van der Waals surface area contributed by atoms with Gasteiger partial charge in [0, 0.05) is 25.7 Å². The Morgan fingerprint density at radius 2 is 0.531 bits per heavy atom. The molecule has 0 aromatic carbocycles. The number of unbranched alkanes of at least 4 members (excludes halogenated alkanes) is 42. The van der Waals surface area contributed by atoms with Crippen molar-refractivity contribution in [2.24, 2.45) is 17.8 Å². The Morgan fingerprint density at radius 3 is 0.792 bits per heavy atom. The van der Waals surface area contributed by atoms with Gasteiger partial charge in [-0.15, -0.1) is 0 Å². The van der Waals surface area contributed by atoms with E-state index in [2.05, 4.69) is 48.5 Å². The summed E-state index contributed by atoms with van der Waals surface area (Å²) >= 11 is 0. The Labute approximate surface area is 588 Å². The maximum Gasteiger partial charge on any atom is 0.472 e. The Balaban J connectivity index is 5.24. The number of esters is 4. The molecule has 0 aliphatic rings. The third-order valence-corrected chi connectivity index (χ3v) is 20.1. The smallest absolute Gasteiger partial charge is 0.462 e. The van der Waals surface area contributed by atoms with Crippen molar-refractivity contribution in [1.82, 2.24) is 0 Å². The summed E-state index contributed by atoms with van der Waals surface area (Å²) in [7, 11) is -9.91. The van der Waals surface area contributed by atoms with Gasteiger partial charge >= 0.3 is 39.5 Å². The van der Waals surface area contributed by atoms with Gasteiger partial charge in [-0.05, 0) is 43.4 Å². The zero-order valence-corrected chi connectivity index (χ0v) is 64.6. The lowest BCUT2D eigenvalue weighted by atomic mass is 9.99. The topological polar surface area (TPSA) is 237 Å². The van der Waals surface area contributed by atoms with E-state index in [1.807, 2.05) is 0 Å². The van der Waals surface area contributed by atoms with Crippen LogP contribution in [0.3, 0.4) is 0 Å². The van der Waals surface area contributed by atoms with Crippen LogP contribution in [-0.4, -0.2) is 96.7 Å². The standard InChI is InChI=1S/C77H150O17P2/c1-8-10-11-12-13-27-37-44-51-58-74(79)87-64-72(94-77(82)61-54-47-40-33-26-25-29-35-42-49-56-69(5)6)66-91-95(83,84)89-62-71(78)63-90-96(85,86)92-67-73(65-88-75(80)59-52-45-38-31-23-20-16-17-21-28-34-41-48-55-68(3)4)93-76(81)60-53-46-39-32-24-19-15-14-18-22-30-36-43-50-57-70(7)9-2/h68-73,78H,8-67H2,1-7H3,(H,83,84)(H,85,86)/t70?,71-,72+,73+/m0/s1. The first kappa shape index (κ1) is 94.1. The number of hydrogen-bond donors (Lipinski definition) is 3. The highest BCUT2D eigenvalue weighted by Crippen LogP contribution is 2.45. The molecule has 0 fully saturated rings. The molecule has 0 aliphatic heterocycles. The highest BCUT2D eigenvalue weighted by Gasteiger charge is 2.30. The maximum absolute atomic E-state index is 13.1. The fourth-order valence-electron chi connectivity index (χ4n) is 11.7. The van der Waals surface area contributed by atoms with Gasteiger partial charge in [0.1, 0.15) is 19.3 Å². The van der Waals surface area contributed by atoms with Crippen LogP contribution in [0.2, 0.25) is 0 Å². The number of carbonyl (C=O) groups is 4. The second kappa shape index (κ2) is 67.5. The van der Waals surface area contributed by atoms with Gasteiger partial charge in [-0.2, -0.15) is 0 Å². The second-order valence-corrected chi connectivity index (χ2v) is 31.8. The van der Waals surface area contributed by atoms with Gasteiger partial charge in [0.15, 0.2) is 12.2 Å². The molecule has 0 heterocycles. The van der Waals surface area contributed by atoms with Crippen molar-refractivity contribution >= 4 is 39.5 Å². The lowest BCUT2D eigenvalue weighted by Gasteiger charge is -2.21. The van der Waals surface area contributed by atoms with E-state index in [1.165, 1.54) is 205 Å². The highest BCUT2D eigenvalue weighted by atomic mass is 31.2. The number of ether oxygens (including phenoxy) is 4. The van der Waals surface area contributed by atoms with Crippen molar-refractivity contribution in [3.05, 3.63) is 0 Å². The molecule has 0 aromatic heterocycles. The molecule has 3 N–H and O–H groups in total. The average molecular weight is 1410 g/mol. The van der Waals surface area contributed by atoms with E-state index in [0.29, 0.717) is 25.7 Å². The number of aliphatic hydroxyl groups excluding tert-OH is 1. The van der Waals surface area contributed by atoms with Crippen LogP contribution >= 0.6 is 15.6 Å². The molecule has 6 atom stereocenters. The highest BCUT2D eigenvalue weighted by molar-refractivity contribution is 7.47. The minimum atomic E-state index is -4.96. The van der Waals surface area contributed by atoms with Gasteiger partial charge in [-0.1, -0.05) is 344 Å². The number of phosphoric ester groups is 2. The van der Waals surface area contributed by atoms with Crippen molar-refractivity contribution in [2.75, 3.05) is 39.6 Å². The molecule has 0 amide bonds. The maximum atomic E-state index is 13.1. The molecule has 0 saturated carbocycles. The van der Waals surface area contributed by atoms with Crippen LogP contribution in [0.1, 0.15) is 395 Å². The van der Waals surface area contributed by atoms with Crippen LogP contribution in [-0.2, 0) is 65.4 Å². The Bertz CT molecular complexity index is 1870. The van der Waals surface area contributed by atoms with Gasteiger partial charge in [0.2, 0.25) is 0 Å². The zero-order valence-electron chi connectivity index (χ0n) is 62.8. The fourth-order valence-corrected chi connectivity index (χ4v) is 13.3. The summed E-state index contributed by atoms with van der Waals surface area (Å²) in [4.78, 5) is 72.8. The molecule has 0 spiro atoms. The van der Waals surface area contributed by atoms with Crippen LogP contribution in [0.4, 0.5) is 0 Å². The lowest BCUT2D eigenvalue weighted by Crippen LogP contribution is -2.30. The second-order valence-electron chi connectivity index (χ2n) is 28.9. The first-order chi connectivity index (χ1) is 46.3. The number of hydrogen-bond acceptors (Lipinski definition) is 15. The Kier molecular flexibility index (Phi) is 66.2. The lowest BCUT2D eigenvalue weighted by molar-refractivity contribution is -0.161. The molecule has 0 radical (unpaired) electrons. The van der Waals surface area contributed by atoms with E-state index in [9.17, 15) is 43.2 Å². The summed E-state index contributed by atoms with van der Waals surface area (Å²) in [5.41, 5.74) is 0. The third-order valence-electron chi connectivity index (χ3n) is 18.2. The summed E-state index contributed by atoms with van der Waals surface area (Å²) in [5.74, 6) is 0.272. The molecule has 3 unspecified atom stereocenters. The molecule has 0 bridgehead atoms. The molecule has 17 nitrogen and oxygen atoms in total. The third kappa shape index (κ3) is 69.2. The molecule has 19 heteroatoms. The minimum absolute atomic E-state index is 0.106. The van der Waals surface area contributed by atoms with Gasteiger partial charge < -0.3 is 33.8 Å². The largest absolute Gasteiger partial charge is 0.472 e. The number of rotatable bonds is 75. The first-order valence-electron chi connectivity index (χ1n) is 39.9. The van der Waals surface area contributed by atoms with Crippen molar-refractivity contribution < 1.29 is 80.2 Å². The molecule has 0 rings (SSSR count). The Hall–Kier alpha value is -1.94. The van der Waals surface area contributed by atoms with Gasteiger partial charge in [-0.25, -0.2) is 9.13 Å². The molecular formula is C77H150O17P2. The summed E-state index contributed by atoms with van der Waals surface area (Å²) in [6.07, 6.45) is 54.0. The number of phosphoric acid groups is 2. The minimum Gasteiger partial charge on any atom is -0.462 e. The molecule has 96 heavy (non-hydrogen) atoms. The molecule has 0 aliphatic carbocycles. The van der Waals surface area contributed by atoms with Crippen LogP contribution in [0.15, 0.2) is 0 Å². The van der Waals surface area contributed by atoms with E-state index in [4.69, 9.17) is 37.0 Å². The van der Waals surface area contributed by atoms with Gasteiger partial charge in [-0.3, -0.25) is 37.3 Å². The van der Waals surface area contributed by atoms with Crippen molar-refractivity contribution in [2.45, 2.75) is 414 Å². The van der Waals surface area contributed by atoms with E-state index < -0.39 is 97.5 Å².